The molecular formula is C27H19NO. The molecule has 0 aliphatic rings. The van der Waals surface area contributed by atoms with Gasteiger partial charge in [-0.05, 0) is 34.5 Å². The molecular weight excluding hydrogens is 354 g/mol. The molecule has 0 atom stereocenters. The minimum atomic E-state index is 0.117. The van der Waals surface area contributed by atoms with E-state index in [-0.39, 0.29) is 5.78 Å². The molecule has 0 amide bonds. The molecule has 0 aliphatic carbocycles. The van der Waals surface area contributed by atoms with Crippen LogP contribution in [-0.2, 0) is 6.42 Å². The molecule has 0 aliphatic heterocycles. The number of hydrogen-bond acceptors (Lipinski definition) is 2. The van der Waals surface area contributed by atoms with Gasteiger partial charge in [0.25, 0.3) is 0 Å². The van der Waals surface area contributed by atoms with Gasteiger partial charge in [0.05, 0.1) is 11.2 Å². The Balaban J connectivity index is 1.57. The number of hydrogen-bond donors (Lipinski definition) is 0. The van der Waals surface area contributed by atoms with Gasteiger partial charge in [0.15, 0.2) is 5.78 Å². The molecule has 138 valence electrons. The summed E-state index contributed by atoms with van der Waals surface area (Å²) in [5.41, 5.74) is 4.61. The second kappa shape index (κ2) is 7.33. The molecule has 29 heavy (non-hydrogen) atoms. The summed E-state index contributed by atoms with van der Waals surface area (Å²) in [6.07, 6.45) is 0.348. The van der Waals surface area contributed by atoms with Crippen LogP contribution in [0.2, 0.25) is 0 Å². The van der Waals surface area contributed by atoms with Crippen LogP contribution < -0.4 is 0 Å². The first-order valence-corrected chi connectivity index (χ1v) is 9.74. The number of fused-ring (bicyclic) bond motifs is 2. The van der Waals surface area contributed by atoms with Gasteiger partial charge in [-0.25, -0.2) is 4.98 Å². The first-order chi connectivity index (χ1) is 14.3. The number of nitrogens with zero attached hydrogens (tertiary/aromatic N) is 1. The number of rotatable bonds is 4. The molecule has 5 aromatic rings. The van der Waals surface area contributed by atoms with Crippen molar-refractivity contribution in [2.75, 3.05) is 0 Å². The van der Waals surface area contributed by atoms with E-state index >= 15 is 0 Å². The summed E-state index contributed by atoms with van der Waals surface area (Å²) >= 11 is 0. The summed E-state index contributed by atoms with van der Waals surface area (Å²) in [6.45, 7) is 0. The molecule has 2 heteroatoms. The molecule has 0 spiro atoms. The highest BCUT2D eigenvalue weighted by Crippen LogP contribution is 2.26. The Morgan fingerprint density at radius 2 is 1.41 bits per heavy atom. The fraction of sp³-hybridized carbons (Fsp3) is 0.0370. The Kier molecular flexibility index (Phi) is 4.38. The van der Waals surface area contributed by atoms with E-state index in [9.17, 15) is 4.79 Å². The van der Waals surface area contributed by atoms with Crippen molar-refractivity contribution in [1.82, 2.24) is 4.98 Å². The highest BCUT2D eigenvalue weighted by atomic mass is 16.1. The Morgan fingerprint density at radius 1 is 0.690 bits per heavy atom. The van der Waals surface area contributed by atoms with Crippen molar-refractivity contribution in [3.8, 4) is 11.3 Å². The highest BCUT2D eigenvalue weighted by Gasteiger charge is 2.13. The number of carbonyl (C=O) groups is 1. The van der Waals surface area contributed by atoms with Crippen molar-refractivity contribution in [2.45, 2.75) is 6.42 Å². The average Bonchev–Trinajstić information content (AvgIpc) is 2.79. The molecule has 2 nitrogen and oxygen atoms in total. The van der Waals surface area contributed by atoms with Crippen molar-refractivity contribution in [2.24, 2.45) is 0 Å². The maximum absolute atomic E-state index is 13.1. The predicted molar refractivity (Wildman–Crippen MR) is 119 cm³/mol. The van der Waals surface area contributed by atoms with E-state index in [4.69, 9.17) is 4.98 Å². The molecule has 4 aromatic carbocycles. The van der Waals surface area contributed by atoms with Gasteiger partial charge in [-0.15, -0.1) is 0 Å². The minimum absolute atomic E-state index is 0.117. The maximum Gasteiger partial charge on any atom is 0.167 e. The third kappa shape index (κ3) is 3.41. The lowest BCUT2D eigenvalue weighted by molar-refractivity contribution is 0.0993. The van der Waals surface area contributed by atoms with Crippen molar-refractivity contribution in [3.63, 3.8) is 0 Å². The van der Waals surface area contributed by atoms with Crippen molar-refractivity contribution in [3.05, 3.63) is 114 Å². The largest absolute Gasteiger partial charge is 0.294 e. The lowest BCUT2D eigenvalue weighted by atomic mass is 9.96. The summed E-state index contributed by atoms with van der Waals surface area (Å²) in [4.78, 5) is 17.9. The SMILES string of the molecule is O=C(Cc1cc(-c2ccccc2)nc2ccccc12)c1ccc2ccccc2c1. The summed E-state index contributed by atoms with van der Waals surface area (Å²) < 4.78 is 0. The number of carbonyl (C=O) groups excluding carboxylic acids is 1. The van der Waals surface area contributed by atoms with Crippen molar-refractivity contribution in [1.29, 1.82) is 0 Å². The van der Waals surface area contributed by atoms with E-state index in [0.717, 1.165) is 44.1 Å². The number of para-hydroxylation sites is 1. The second-order valence-electron chi connectivity index (χ2n) is 7.21. The summed E-state index contributed by atoms with van der Waals surface area (Å²) in [6, 6.07) is 34.2. The van der Waals surface area contributed by atoms with Gasteiger partial charge in [0, 0.05) is 22.9 Å². The van der Waals surface area contributed by atoms with Crippen LogP contribution in [-0.4, -0.2) is 10.8 Å². The van der Waals surface area contributed by atoms with Crippen molar-refractivity contribution < 1.29 is 4.79 Å². The predicted octanol–water partition coefficient (Wildman–Crippen LogP) is 6.48. The quantitative estimate of drug-likeness (QED) is 0.337. The smallest absolute Gasteiger partial charge is 0.167 e. The van der Waals surface area contributed by atoms with Gasteiger partial charge in [-0.2, -0.15) is 0 Å². The fourth-order valence-electron chi connectivity index (χ4n) is 3.79. The van der Waals surface area contributed by atoms with Gasteiger partial charge in [-0.3, -0.25) is 4.79 Å². The summed E-state index contributed by atoms with van der Waals surface area (Å²) in [7, 11) is 0. The topological polar surface area (TPSA) is 30.0 Å². The number of ketones is 1. The Hall–Kier alpha value is -3.78. The lowest BCUT2D eigenvalue weighted by Crippen LogP contribution is -2.05. The normalized spacial score (nSPS) is 11.0. The van der Waals surface area contributed by atoms with Gasteiger partial charge in [0.1, 0.15) is 0 Å². The highest BCUT2D eigenvalue weighted by molar-refractivity contribution is 6.02. The van der Waals surface area contributed by atoms with Crippen LogP contribution >= 0.6 is 0 Å². The number of aromatic nitrogens is 1. The molecule has 0 saturated heterocycles. The van der Waals surface area contributed by atoms with E-state index in [1.807, 2.05) is 91.0 Å². The van der Waals surface area contributed by atoms with E-state index in [2.05, 4.69) is 12.1 Å². The fourth-order valence-corrected chi connectivity index (χ4v) is 3.79. The monoisotopic (exact) mass is 373 g/mol. The van der Waals surface area contributed by atoms with Crippen molar-refractivity contribution >= 4 is 27.5 Å². The molecule has 0 unspecified atom stereocenters. The van der Waals surface area contributed by atoms with E-state index < -0.39 is 0 Å². The molecule has 0 N–H and O–H groups in total. The molecule has 0 radical (unpaired) electrons. The second-order valence-corrected chi connectivity index (χ2v) is 7.21. The molecule has 1 aromatic heterocycles. The van der Waals surface area contributed by atoms with E-state index in [1.165, 1.54) is 0 Å². The van der Waals surface area contributed by atoms with Crippen LogP contribution in [0.25, 0.3) is 32.9 Å². The lowest BCUT2D eigenvalue weighted by Gasteiger charge is -2.10. The van der Waals surface area contributed by atoms with Crippen LogP contribution in [0.4, 0.5) is 0 Å². The standard InChI is InChI=1S/C27H19NO/c29-27(22-15-14-19-8-4-5-11-21(19)16-22)18-23-17-26(20-9-2-1-3-10-20)28-25-13-7-6-12-24(23)25/h1-17H,18H2. The molecule has 1 heterocycles. The molecule has 5 rings (SSSR count). The molecule has 0 saturated carbocycles. The third-order valence-corrected chi connectivity index (χ3v) is 5.29. The first-order valence-electron chi connectivity index (χ1n) is 9.74. The zero-order valence-corrected chi connectivity index (χ0v) is 15.9. The maximum atomic E-state index is 13.1. The van der Waals surface area contributed by atoms with Crippen LogP contribution in [0, 0.1) is 0 Å². The Labute approximate surface area is 169 Å². The molecule has 0 fully saturated rings. The van der Waals surface area contributed by atoms with Crippen LogP contribution in [0.3, 0.4) is 0 Å². The zero-order valence-electron chi connectivity index (χ0n) is 15.9. The number of Topliss-reactive ketones (excluding diaryl/α,β-unsaturated/α-hetero) is 1. The Bertz CT molecular complexity index is 1340. The van der Waals surface area contributed by atoms with Gasteiger partial charge in [-0.1, -0.05) is 84.9 Å². The Morgan fingerprint density at radius 3 is 2.28 bits per heavy atom. The van der Waals surface area contributed by atoms with Crippen LogP contribution in [0.1, 0.15) is 15.9 Å². The van der Waals surface area contributed by atoms with E-state index in [1.54, 1.807) is 0 Å². The summed E-state index contributed by atoms with van der Waals surface area (Å²) in [5.74, 6) is 0.117. The van der Waals surface area contributed by atoms with Gasteiger partial charge in [0.2, 0.25) is 0 Å². The molecule has 0 bridgehead atoms. The van der Waals surface area contributed by atoms with Gasteiger partial charge < -0.3 is 0 Å². The number of benzene rings is 4. The van der Waals surface area contributed by atoms with Crippen LogP contribution in [0.15, 0.2) is 103 Å². The number of pyridine rings is 1. The van der Waals surface area contributed by atoms with Crippen LogP contribution in [0.5, 0.6) is 0 Å². The third-order valence-electron chi connectivity index (χ3n) is 5.29. The van der Waals surface area contributed by atoms with E-state index in [0.29, 0.717) is 6.42 Å². The minimum Gasteiger partial charge on any atom is -0.294 e. The summed E-state index contributed by atoms with van der Waals surface area (Å²) in [5, 5.41) is 3.26. The first kappa shape index (κ1) is 17.3. The van der Waals surface area contributed by atoms with Gasteiger partial charge >= 0.3 is 0 Å². The average molecular weight is 373 g/mol. The zero-order chi connectivity index (χ0) is 19.6.